The van der Waals surface area contributed by atoms with E-state index in [2.05, 4.69) is 185 Å². The van der Waals surface area contributed by atoms with Crippen LogP contribution >= 0.6 is 115 Å². The number of halogens is 11. The maximum absolute atomic E-state index is 12.4. The molecule has 5 aliphatic carbocycles. The molecule has 5 N–H and O–H groups in total. The first-order valence-corrected chi connectivity index (χ1v) is 47.9. The van der Waals surface area contributed by atoms with Crippen molar-refractivity contribution >= 4 is 191 Å². The number of hydrogen-bond acceptors (Lipinski definition) is 20. The number of hydrogen-bond donors (Lipinski definition) is 3. The summed E-state index contributed by atoms with van der Waals surface area (Å²) in [5.41, 5.74) is 13.9. The number of carboxylic acid groups (broad SMARTS) is 1. The van der Waals surface area contributed by atoms with Gasteiger partial charge in [-0.15, -0.1) is 0 Å². The van der Waals surface area contributed by atoms with E-state index in [1.54, 1.807) is 50.2 Å². The Bertz CT molecular complexity index is 4450. The Balaban J connectivity index is 0.000000167. The van der Waals surface area contributed by atoms with Crippen molar-refractivity contribution in [2.24, 2.45) is 27.1 Å². The minimum Gasteiger partial charge on any atom is -0.481 e. The summed E-state index contributed by atoms with van der Waals surface area (Å²) in [5, 5.41) is 12.1. The number of aliphatic carboxylic acids is 1. The molecule has 6 atom stereocenters. The lowest BCUT2D eigenvalue weighted by atomic mass is 10.0. The Morgan fingerprint density at radius 2 is 0.754 bits per heavy atom. The van der Waals surface area contributed by atoms with Gasteiger partial charge in [0.1, 0.15) is 34.9 Å². The molecule has 35 heteroatoms. The number of alkyl halides is 3. The predicted molar refractivity (Wildman–Crippen MR) is 522 cm³/mol. The van der Waals surface area contributed by atoms with Crippen LogP contribution in [-0.2, 0) is 24.0 Å². The second kappa shape index (κ2) is 44.8. The molecule has 12 heterocycles. The van der Waals surface area contributed by atoms with Crippen LogP contribution in [0.25, 0.3) is 0 Å². The number of nitrogen functional groups attached to an aromatic ring is 2. The monoisotopic (exact) mass is 2090 g/mol. The third-order valence-corrected chi connectivity index (χ3v) is 30.1. The minimum atomic E-state index is -4.64. The number of pyridine rings is 6. The lowest BCUT2D eigenvalue weighted by Crippen LogP contribution is -2.55. The van der Waals surface area contributed by atoms with E-state index in [0.29, 0.717) is 77.7 Å². The molecule has 3 amide bonds. The van der Waals surface area contributed by atoms with Crippen LogP contribution in [0.1, 0.15) is 192 Å². The third kappa shape index (κ3) is 28.9. The SMILES string of the molecule is C.CC1(C(=O)O)CC1.C[C@H]1CCCCN1c1cc(I)c(Cl)cn1.C[C@H]1CCCCN1c1ccc(Cl)cn1.C[C@H]1CN(C(=O)C2(C)CC2)CCN1c1cc(I)c(Cl)cn1.C[C@H]1CN(C(=O)C2(C)CC2)CCN1c1cc(N)c(Cl)cn1.C[C@H]1CN(CC2(C)CC2)CCN1c1cc(N)c(Cl)cn1.Cc1cc(N2CCN(C(=O)C3(C)CC3)C[C@@H]2C)ncc1Cl.O=CC(F)(F)F. The van der Waals surface area contributed by atoms with Crippen molar-refractivity contribution in [3.8, 4) is 0 Å². The quantitative estimate of drug-likeness (QED) is 0.0759. The van der Waals surface area contributed by atoms with Crippen LogP contribution in [0, 0.1) is 41.1 Å². The van der Waals surface area contributed by atoms with Gasteiger partial charge in [-0.25, -0.2) is 29.9 Å². The molecule has 126 heavy (non-hydrogen) atoms. The Labute approximate surface area is 800 Å². The van der Waals surface area contributed by atoms with Crippen molar-refractivity contribution in [1.82, 2.24) is 49.5 Å². The molecule has 24 nitrogen and oxygen atoms in total. The summed E-state index contributed by atoms with van der Waals surface area (Å²) < 4.78 is 33.3. The van der Waals surface area contributed by atoms with Crippen molar-refractivity contribution in [1.29, 1.82) is 0 Å². The number of carbonyl (C=O) groups excluding carboxylic acids is 4. The standard InChI is InChI=1S/C16H22ClN3O.C15H19ClIN3O.C15H21ClN4O.C15H23ClN4.C11H14ClIN2.C11H15ClN2.C5H8O2.C2HF3O.CH4/c1-11-8-14(18-9-13(11)17)20-7-6-19(10-12(20)2)15(21)16(3)4-5-16;2*1-10-9-19(14(21)15(2)3-4-15)5-6-20(10)13-7-12(17)11(16)8-18-13;1-11-9-19(10-15(2)3-4-15)5-6-20(11)14-7-13(17)12(16)8-18-14;1-8-4-2-3-5-15(8)11-6-10(13)9(12)7-14-11;1-9-4-2-3-7-14(9)11-6-5-10(12)8-13-11;1-5(2-3-5)4(6)7;3-2(4,5)1-6;/h8-9,12H,4-7,10H2,1-3H3;7-8,10H,3-6,9H2,1-2H3;7-8,10H,3-6,9H2,1-2H3,(H2,17,18);7-8,11H,3-6,9-10H2,1-2H3,(H2,17,18);6-8H,2-5H2,1H3;5-6,8-9H,2-4,7H2,1H3;2-3H2,1H3,(H,6,7);1H;1H4/t12-;2*10-;11-;8-;9-;;;/m000000.../s1. The molecule has 17 rings (SSSR count). The summed E-state index contributed by atoms with van der Waals surface area (Å²) in [7, 11) is 0. The summed E-state index contributed by atoms with van der Waals surface area (Å²) in [6.07, 6.45) is 22.9. The highest BCUT2D eigenvalue weighted by molar-refractivity contribution is 14.1. The van der Waals surface area contributed by atoms with Crippen molar-refractivity contribution in [3.05, 3.63) is 122 Å². The fraction of sp³-hybridized carbons (Fsp3) is 0.615. The largest absolute Gasteiger partial charge is 0.481 e. The number of carboxylic acids is 1. The van der Waals surface area contributed by atoms with Crippen molar-refractivity contribution in [3.63, 3.8) is 0 Å². The first-order chi connectivity index (χ1) is 58.8. The van der Waals surface area contributed by atoms with Crippen LogP contribution in [0.2, 0.25) is 30.1 Å². The van der Waals surface area contributed by atoms with E-state index in [4.69, 9.17) is 91.0 Å². The first kappa shape index (κ1) is 104. The zero-order valence-corrected chi connectivity index (χ0v) is 82.8. The normalized spacial score (nSPS) is 23.1. The van der Waals surface area contributed by atoms with E-state index in [1.165, 1.54) is 57.9 Å². The van der Waals surface area contributed by atoms with E-state index in [1.807, 2.05) is 52.0 Å². The van der Waals surface area contributed by atoms with E-state index < -0.39 is 18.4 Å². The number of anilines is 8. The average Bonchev–Trinajstić information content (AvgIpc) is 1.63. The van der Waals surface area contributed by atoms with E-state index in [9.17, 15) is 32.3 Å². The fourth-order valence-electron chi connectivity index (χ4n) is 16.0. The van der Waals surface area contributed by atoms with Crippen molar-refractivity contribution in [2.45, 2.75) is 236 Å². The lowest BCUT2D eigenvalue weighted by molar-refractivity contribution is -0.156. The van der Waals surface area contributed by atoms with Gasteiger partial charge in [0.05, 0.1) is 46.9 Å². The number of nitrogens with zero attached hydrogens (tertiary/aromatic N) is 16. The second-order valence-electron chi connectivity index (χ2n) is 36.9. The maximum atomic E-state index is 12.4. The third-order valence-electron chi connectivity index (χ3n) is 25.8. The van der Waals surface area contributed by atoms with Gasteiger partial charge in [-0.1, -0.05) is 105 Å². The number of aromatic nitrogens is 6. The topological polar surface area (TPSA) is 267 Å². The summed E-state index contributed by atoms with van der Waals surface area (Å²) in [6.45, 7) is 39.3. The van der Waals surface area contributed by atoms with Gasteiger partial charge in [0.25, 0.3) is 0 Å². The van der Waals surface area contributed by atoms with Crippen LogP contribution in [0.3, 0.4) is 0 Å². The smallest absolute Gasteiger partial charge is 0.446 e. The number of piperidine rings is 2. The number of aldehydes is 1. The number of piperazine rings is 4. The molecule has 0 radical (unpaired) electrons. The van der Waals surface area contributed by atoms with Gasteiger partial charge in [-0.3, -0.25) is 28.9 Å². The van der Waals surface area contributed by atoms with Gasteiger partial charge in [0.15, 0.2) is 0 Å². The average molecular weight is 2090 g/mol. The predicted octanol–water partition coefficient (Wildman–Crippen LogP) is 19.9. The molecule has 11 fully saturated rings. The van der Waals surface area contributed by atoms with E-state index >= 15 is 0 Å². The number of rotatable bonds is 12. The molecule has 0 bridgehead atoms. The highest BCUT2D eigenvalue weighted by Crippen LogP contribution is 2.50. The van der Waals surface area contributed by atoms with Gasteiger partial charge in [-0.2, -0.15) is 13.2 Å². The molecule has 6 saturated heterocycles. The Morgan fingerprint density at radius 3 is 1.04 bits per heavy atom. The molecule has 11 aliphatic rings. The van der Waals surface area contributed by atoms with Gasteiger partial charge in [0.2, 0.25) is 24.0 Å². The van der Waals surface area contributed by atoms with Gasteiger partial charge in [0, 0.05) is 207 Å². The number of aryl methyl sites for hydroxylation is 1. The zero-order chi connectivity index (χ0) is 91.4. The molecule has 0 unspecified atom stereocenters. The Morgan fingerprint density at radius 1 is 0.437 bits per heavy atom. The second-order valence-corrected chi connectivity index (χ2v) is 41.7. The van der Waals surface area contributed by atoms with Gasteiger partial charge in [-0.05, 0) is 245 Å². The summed E-state index contributed by atoms with van der Waals surface area (Å²) >= 11 is 40.2. The number of amides is 3. The number of carbonyl (C=O) groups is 5. The molecule has 5 saturated carbocycles. The molecular formula is C91H127Cl6F3I2N18O6. The highest BCUT2D eigenvalue weighted by atomic mass is 127. The molecule has 0 aromatic carbocycles. The number of nitrogens with two attached hydrogens (primary N) is 2. The fourth-order valence-corrected chi connectivity index (χ4v) is 17.5. The van der Waals surface area contributed by atoms with Crippen LogP contribution in [0.5, 0.6) is 0 Å². The Hall–Kier alpha value is -6.20. The van der Waals surface area contributed by atoms with Gasteiger partial charge < -0.3 is 60.7 Å². The van der Waals surface area contributed by atoms with E-state index in [0.717, 1.165) is 196 Å². The molecular weight excluding hydrogens is 1960 g/mol. The molecule has 694 valence electrons. The van der Waals surface area contributed by atoms with Crippen LogP contribution in [0.4, 0.5) is 59.5 Å². The molecule has 6 aromatic heterocycles. The zero-order valence-electron chi connectivity index (χ0n) is 73.9. The van der Waals surface area contributed by atoms with Crippen LogP contribution in [0.15, 0.2) is 79.6 Å². The summed E-state index contributed by atoms with van der Waals surface area (Å²) in [5.74, 6) is 6.10. The molecule has 0 spiro atoms. The van der Waals surface area contributed by atoms with E-state index in [-0.39, 0.29) is 47.2 Å². The molecule has 6 aliphatic heterocycles. The van der Waals surface area contributed by atoms with Crippen LogP contribution < -0.4 is 40.9 Å². The van der Waals surface area contributed by atoms with Crippen LogP contribution in [-0.4, -0.2) is 225 Å². The minimum absolute atomic E-state index is 0. The van der Waals surface area contributed by atoms with Crippen molar-refractivity contribution in [2.75, 3.05) is 139 Å². The highest BCUT2D eigenvalue weighted by Gasteiger charge is 2.51. The molecule has 6 aromatic rings. The van der Waals surface area contributed by atoms with Gasteiger partial charge >= 0.3 is 12.1 Å². The Kier molecular flexibility index (Phi) is 36.8. The summed E-state index contributed by atoms with van der Waals surface area (Å²) in [4.78, 5) is 105. The summed E-state index contributed by atoms with van der Waals surface area (Å²) in [6, 6.07) is 16.2. The van der Waals surface area contributed by atoms with Crippen molar-refractivity contribution < 1.29 is 42.3 Å². The lowest BCUT2D eigenvalue weighted by Gasteiger charge is -2.41. The first-order valence-electron chi connectivity index (χ1n) is 43.5. The maximum Gasteiger partial charge on any atom is 0.446 e.